The second kappa shape index (κ2) is 8.63. The van der Waals surface area contributed by atoms with Crippen molar-refractivity contribution < 1.29 is 14.6 Å². The Morgan fingerprint density at radius 1 is 1.25 bits per heavy atom. The molecule has 3 nitrogen and oxygen atoms in total. The fourth-order valence-corrected chi connectivity index (χ4v) is 6.38. The van der Waals surface area contributed by atoms with Gasteiger partial charge in [0.05, 0.1) is 5.56 Å². The molecule has 0 amide bonds. The van der Waals surface area contributed by atoms with Crippen LogP contribution in [0.1, 0.15) is 56.8 Å². The summed E-state index contributed by atoms with van der Waals surface area (Å²) in [7, 11) is -1.63. The molecule has 1 unspecified atom stereocenters. The van der Waals surface area contributed by atoms with Crippen molar-refractivity contribution in [3.05, 3.63) is 48.2 Å². The third kappa shape index (κ3) is 4.17. The van der Waals surface area contributed by atoms with E-state index in [-0.39, 0.29) is 0 Å². The molecule has 0 saturated heterocycles. The zero-order chi connectivity index (χ0) is 17.6. The van der Waals surface area contributed by atoms with Crippen LogP contribution < -0.4 is 5.19 Å². The van der Waals surface area contributed by atoms with E-state index in [4.69, 9.17) is 9.78 Å². The summed E-state index contributed by atoms with van der Waals surface area (Å²) in [6, 6.07) is 10.0. The Balaban J connectivity index is 1.99. The minimum atomic E-state index is -1.63. The average Bonchev–Trinajstić information content (AvgIpc) is 2.63. The zero-order valence-electron chi connectivity index (χ0n) is 15.1. The van der Waals surface area contributed by atoms with Gasteiger partial charge in [-0.2, -0.15) is 4.89 Å². The minimum Gasteiger partial charge on any atom is -0.292 e. The minimum absolute atomic E-state index is 0.363. The highest BCUT2D eigenvalue weighted by Crippen LogP contribution is 2.32. The quantitative estimate of drug-likeness (QED) is 0.399. The van der Waals surface area contributed by atoms with E-state index in [1.165, 1.54) is 11.6 Å². The normalized spacial score (nSPS) is 19.0. The van der Waals surface area contributed by atoms with Crippen molar-refractivity contribution >= 4 is 19.2 Å². The first-order valence-electron chi connectivity index (χ1n) is 9.05. The van der Waals surface area contributed by atoms with Gasteiger partial charge in [0.2, 0.25) is 0 Å². The lowest BCUT2D eigenvalue weighted by Gasteiger charge is -2.26. The standard InChI is InChI=1S/C20H29O3Si/c1-5-24(6-2,7-3)18-14-12-17(13-15-18)20(21)23-22-19-11-9-8-10-16(19)4/h5,12-16H,1,6-11H2,2-4H3. The average molecular weight is 346 g/mol. The van der Waals surface area contributed by atoms with Crippen molar-refractivity contribution in [2.75, 3.05) is 0 Å². The maximum absolute atomic E-state index is 12.2. The first kappa shape index (κ1) is 18.9. The number of carbonyl (C=O) groups excluding carboxylic acids is 1. The van der Waals surface area contributed by atoms with Crippen molar-refractivity contribution in [2.24, 2.45) is 5.92 Å². The van der Waals surface area contributed by atoms with Gasteiger partial charge >= 0.3 is 5.97 Å². The Labute approximate surface area is 147 Å². The van der Waals surface area contributed by atoms with E-state index in [2.05, 4.69) is 33.0 Å². The van der Waals surface area contributed by atoms with Crippen molar-refractivity contribution in [1.29, 1.82) is 0 Å². The maximum Gasteiger partial charge on any atom is 0.373 e. The van der Waals surface area contributed by atoms with E-state index in [1.54, 1.807) is 0 Å². The first-order chi connectivity index (χ1) is 11.6. The molecule has 2 rings (SSSR count). The molecule has 131 valence electrons. The molecule has 1 aromatic rings. The molecular formula is C20H29O3Si. The molecule has 0 heterocycles. The van der Waals surface area contributed by atoms with E-state index in [1.807, 2.05) is 24.3 Å². The molecule has 0 N–H and O–H groups in total. The highest BCUT2D eigenvalue weighted by atomic mass is 28.3. The lowest BCUT2D eigenvalue weighted by atomic mass is 9.88. The third-order valence-corrected chi connectivity index (χ3v) is 10.2. The topological polar surface area (TPSA) is 35.5 Å². The molecule has 1 saturated carbocycles. The lowest BCUT2D eigenvalue weighted by Crippen LogP contribution is -2.44. The van der Waals surface area contributed by atoms with E-state index in [9.17, 15) is 4.79 Å². The van der Waals surface area contributed by atoms with Crippen molar-refractivity contribution in [3.63, 3.8) is 0 Å². The van der Waals surface area contributed by atoms with Crippen LogP contribution in [-0.2, 0) is 9.78 Å². The summed E-state index contributed by atoms with van der Waals surface area (Å²) in [4.78, 5) is 22.6. The summed E-state index contributed by atoms with van der Waals surface area (Å²) in [6.45, 7) is 10.6. The Morgan fingerprint density at radius 3 is 2.46 bits per heavy atom. The van der Waals surface area contributed by atoms with Crippen molar-refractivity contribution in [3.8, 4) is 0 Å². The summed E-state index contributed by atoms with van der Waals surface area (Å²) >= 11 is 0. The van der Waals surface area contributed by atoms with Gasteiger partial charge in [-0.3, -0.25) is 4.89 Å². The Kier molecular flexibility index (Phi) is 6.81. The van der Waals surface area contributed by atoms with Crippen LogP contribution in [0.15, 0.2) is 36.5 Å². The number of rotatable bonds is 7. The molecule has 1 radical (unpaired) electrons. The Morgan fingerprint density at radius 2 is 1.92 bits per heavy atom. The van der Waals surface area contributed by atoms with Crippen LogP contribution in [0.2, 0.25) is 12.1 Å². The van der Waals surface area contributed by atoms with Crippen LogP contribution >= 0.6 is 0 Å². The van der Waals surface area contributed by atoms with Gasteiger partial charge < -0.3 is 0 Å². The lowest BCUT2D eigenvalue weighted by molar-refractivity contribution is -0.246. The van der Waals surface area contributed by atoms with Gasteiger partial charge in [0.25, 0.3) is 0 Å². The largest absolute Gasteiger partial charge is 0.373 e. The Hall–Kier alpha value is -1.39. The fourth-order valence-electron chi connectivity index (χ4n) is 3.42. The van der Waals surface area contributed by atoms with Gasteiger partial charge in [0.1, 0.15) is 8.07 Å². The van der Waals surface area contributed by atoms with Crippen LogP contribution in [0.4, 0.5) is 0 Å². The SMILES string of the molecule is C=C[Si](CC)(CC)c1ccc(C(=O)OO[C]2CCCCC2C)cc1. The molecule has 1 aromatic carbocycles. The molecule has 24 heavy (non-hydrogen) atoms. The van der Waals surface area contributed by atoms with Gasteiger partial charge in [0, 0.05) is 0 Å². The highest BCUT2D eigenvalue weighted by molar-refractivity contribution is 6.95. The van der Waals surface area contributed by atoms with Crippen LogP contribution in [0, 0.1) is 12.0 Å². The number of hydrogen-bond acceptors (Lipinski definition) is 3. The predicted octanol–water partition coefficient (Wildman–Crippen LogP) is 4.94. The van der Waals surface area contributed by atoms with Crippen molar-refractivity contribution in [2.45, 2.75) is 58.5 Å². The molecule has 1 aliphatic carbocycles. The molecule has 1 aliphatic rings. The fraction of sp³-hybridized carbons (Fsp3) is 0.500. The molecule has 0 bridgehead atoms. The number of benzene rings is 1. The molecule has 4 heteroatoms. The molecule has 0 spiro atoms. The molecule has 1 atom stereocenters. The predicted molar refractivity (Wildman–Crippen MR) is 100 cm³/mol. The second-order valence-corrected chi connectivity index (χ2v) is 11.4. The van der Waals surface area contributed by atoms with Gasteiger partial charge in [-0.15, -0.1) is 6.58 Å². The van der Waals surface area contributed by atoms with Crippen LogP contribution in [-0.4, -0.2) is 14.0 Å². The highest BCUT2D eigenvalue weighted by Gasteiger charge is 2.28. The van der Waals surface area contributed by atoms with Crippen LogP contribution in [0.5, 0.6) is 0 Å². The summed E-state index contributed by atoms with van der Waals surface area (Å²) < 4.78 is 0. The molecule has 0 aromatic heterocycles. The summed E-state index contributed by atoms with van der Waals surface area (Å²) in [5.41, 5.74) is 2.67. The maximum atomic E-state index is 12.2. The van der Waals surface area contributed by atoms with E-state index in [0.717, 1.165) is 37.5 Å². The number of hydrogen-bond donors (Lipinski definition) is 0. The van der Waals surface area contributed by atoms with Crippen LogP contribution in [0.25, 0.3) is 0 Å². The number of carbonyl (C=O) groups is 1. The summed E-state index contributed by atoms with van der Waals surface area (Å²) in [5, 5.41) is 1.32. The van der Waals surface area contributed by atoms with Crippen LogP contribution in [0.3, 0.4) is 0 Å². The molecular weight excluding hydrogens is 316 g/mol. The summed E-state index contributed by atoms with van der Waals surface area (Å²) in [6.07, 6.45) is 5.19. The van der Waals surface area contributed by atoms with Gasteiger partial charge in [-0.05, 0) is 30.9 Å². The monoisotopic (exact) mass is 345 g/mol. The van der Waals surface area contributed by atoms with E-state index in [0.29, 0.717) is 11.5 Å². The smallest absolute Gasteiger partial charge is 0.292 e. The molecule has 0 aliphatic heterocycles. The molecule has 1 fully saturated rings. The van der Waals surface area contributed by atoms with E-state index >= 15 is 0 Å². The van der Waals surface area contributed by atoms with Crippen molar-refractivity contribution in [1.82, 2.24) is 0 Å². The van der Waals surface area contributed by atoms with E-state index < -0.39 is 14.0 Å². The Bertz CT molecular complexity index is 549. The second-order valence-electron chi connectivity index (χ2n) is 6.71. The zero-order valence-corrected chi connectivity index (χ0v) is 16.1. The van der Waals surface area contributed by atoms with Gasteiger partial charge in [-0.25, -0.2) is 4.79 Å². The van der Waals surface area contributed by atoms with Gasteiger partial charge in [-0.1, -0.05) is 68.7 Å². The third-order valence-electron chi connectivity index (χ3n) is 5.43. The summed E-state index contributed by atoms with van der Waals surface area (Å²) in [5.74, 6) is -0.0621. The van der Waals surface area contributed by atoms with Gasteiger partial charge in [0.15, 0.2) is 6.10 Å². The first-order valence-corrected chi connectivity index (χ1v) is 11.5.